The van der Waals surface area contributed by atoms with Crippen LogP contribution in [0.1, 0.15) is 45.1 Å². The molecular formula is C18H27NO2. The van der Waals surface area contributed by atoms with Crippen molar-refractivity contribution in [2.24, 2.45) is 0 Å². The molecule has 2 aliphatic rings. The summed E-state index contributed by atoms with van der Waals surface area (Å²) < 4.78 is 5.45. The zero-order valence-electron chi connectivity index (χ0n) is 13.3. The van der Waals surface area contributed by atoms with Crippen molar-refractivity contribution in [3.63, 3.8) is 0 Å². The highest BCUT2D eigenvalue weighted by Crippen LogP contribution is 2.40. The zero-order valence-corrected chi connectivity index (χ0v) is 13.3. The van der Waals surface area contributed by atoms with Gasteiger partial charge in [-0.25, -0.2) is 0 Å². The van der Waals surface area contributed by atoms with E-state index < -0.39 is 0 Å². The number of carbonyl (C=O) groups excluding carboxylic acids is 1. The predicted octanol–water partition coefficient (Wildman–Crippen LogP) is 3.38. The average molecular weight is 289 g/mol. The monoisotopic (exact) mass is 289 g/mol. The summed E-state index contributed by atoms with van der Waals surface area (Å²) in [6, 6.07) is 10.3. The maximum Gasteiger partial charge on any atom is 0.157 e. The van der Waals surface area contributed by atoms with Gasteiger partial charge in [-0.15, -0.1) is 0 Å². The number of benzene rings is 1. The molecule has 1 unspecified atom stereocenters. The van der Waals surface area contributed by atoms with Crippen LogP contribution in [0.5, 0.6) is 0 Å². The summed E-state index contributed by atoms with van der Waals surface area (Å²) in [6.07, 6.45) is 3.85. The van der Waals surface area contributed by atoms with Gasteiger partial charge in [-0.3, -0.25) is 9.69 Å². The van der Waals surface area contributed by atoms with Crippen molar-refractivity contribution in [1.29, 1.82) is 0 Å². The van der Waals surface area contributed by atoms with E-state index in [4.69, 9.17) is 4.74 Å². The Morgan fingerprint density at radius 3 is 2.33 bits per heavy atom. The largest absolute Gasteiger partial charge is 0.379 e. The van der Waals surface area contributed by atoms with Gasteiger partial charge in [0.1, 0.15) is 5.54 Å². The molecule has 3 rings (SSSR count). The highest BCUT2D eigenvalue weighted by Gasteiger charge is 2.46. The Labute approximate surface area is 128 Å². The van der Waals surface area contributed by atoms with Crippen LogP contribution in [0.4, 0.5) is 0 Å². The first-order valence-corrected chi connectivity index (χ1v) is 8.26. The third-order valence-corrected chi connectivity index (χ3v) is 4.46. The smallest absolute Gasteiger partial charge is 0.157 e. The molecule has 1 aromatic rings. The molecule has 21 heavy (non-hydrogen) atoms. The van der Waals surface area contributed by atoms with Crippen molar-refractivity contribution >= 4 is 5.78 Å². The van der Waals surface area contributed by atoms with Gasteiger partial charge in [0.2, 0.25) is 0 Å². The number of carbonyl (C=O) groups is 1. The lowest BCUT2D eigenvalue weighted by molar-refractivity contribution is -0.139. The van der Waals surface area contributed by atoms with E-state index in [0.29, 0.717) is 12.2 Å². The standard InChI is InChI=1S/C16H21NO2.C2H6/c18-15-8-4-5-9-16(15,14-6-2-1-3-7-14)17-10-12-19-13-11-17;1-2/h1-3,6-7H,4-5,8-13H2;1-2H3. The van der Waals surface area contributed by atoms with E-state index in [2.05, 4.69) is 17.0 Å². The maximum absolute atomic E-state index is 12.7. The zero-order chi connectivity index (χ0) is 15.1. The molecule has 0 amide bonds. The Morgan fingerprint density at radius 1 is 1.05 bits per heavy atom. The Morgan fingerprint density at radius 2 is 1.71 bits per heavy atom. The third kappa shape index (κ3) is 3.19. The van der Waals surface area contributed by atoms with Crippen LogP contribution in [0.15, 0.2) is 30.3 Å². The molecule has 1 aromatic carbocycles. The number of hydrogen-bond acceptors (Lipinski definition) is 3. The molecule has 1 saturated heterocycles. The van der Waals surface area contributed by atoms with E-state index >= 15 is 0 Å². The van der Waals surface area contributed by atoms with Crippen molar-refractivity contribution < 1.29 is 9.53 Å². The van der Waals surface area contributed by atoms with Gasteiger partial charge < -0.3 is 4.74 Å². The first-order chi connectivity index (χ1) is 10.3. The van der Waals surface area contributed by atoms with Gasteiger partial charge in [0.05, 0.1) is 13.2 Å². The van der Waals surface area contributed by atoms with Crippen LogP contribution in [0.3, 0.4) is 0 Å². The molecule has 0 spiro atoms. The second kappa shape index (κ2) is 7.71. The summed E-state index contributed by atoms with van der Waals surface area (Å²) in [4.78, 5) is 15.1. The topological polar surface area (TPSA) is 29.5 Å². The minimum atomic E-state index is -0.386. The van der Waals surface area contributed by atoms with E-state index in [0.717, 1.165) is 45.6 Å². The van der Waals surface area contributed by atoms with Crippen molar-refractivity contribution in [1.82, 2.24) is 4.90 Å². The molecule has 3 nitrogen and oxygen atoms in total. The van der Waals surface area contributed by atoms with Gasteiger partial charge in [0, 0.05) is 19.5 Å². The van der Waals surface area contributed by atoms with Crippen molar-refractivity contribution in [2.45, 2.75) is 45.1 Å². The van der Waals surface area contributed by atoms with Gasteiger partial charge >= 0.3 is 0 Å². The van der Waals surface area contributed by atoms with Gasteiger partial charge in [-0.2, -0.15) is 0 Å². The van der Waals surface area contributed by atoms with Crippen LogP contribution < -0.4 is 0 Å². The number of nitrogens with zero attached hydrogens (tertiary/aromatic N) is 1. The SMILES string of the molecule is CC.O=C1CCCCC1(c1ccccc1)N1CCOCC1. The van der Waals surface area contributed by atoms with Gasteiger partial charge in [-0.1, -0.05) is 50.6 Å². The van der Waals surface area contributed by atoms with Crippen LogP contribution in [0.25, 0.3) is 0 Å². The number of rotatable bonds is 2. The Kier molecular flexibility index (Phi) is 5.95. The molecule has 1 aliphatic heterocycles. The first kappa shape index (κ1) is 16.2. The normalized spacial score (nSPS) is 26.9. The van der Waals surface area contributed by atoms with E-state index in [1.54, 1.807) is 0 Å². The Balaban J connectivity index is 0.000000774. The molecule has 116 valence electrons. The molecule has 0 bridgehead atoms. The van der Waals surface area contributed by atoms with E-state index in [1.807, 2.05) is 32.0 Å². The van der Waals surface area contributed by atoms with Crippen LogP contribution in [-0.2, 0) is 15.1 Å². The van der Waals surface area contributed by atoms with E-state index in [9.17, 15) is 4.79 Å². The number of morpholine rings is 1. The molecule has 0 radical (unpaired) electrons. The van der Waals surface area contributed by atoms with Crippen molar-refractivity contribution in [2.75, 3.05) is 26.3 Å². The second-order valence-electron chi connectivity index (χ2n) is 5.46. The highest BCUT2D eigenvalue weighted by molar-refractivity contribution is 5.90. The molecular weight excluding hydrogens is 262 g/mol. The Hall–Kier alpha value is -1.19. The fourth-order valence-corrected chi connectivity index (χ4v) is 3.49. The summed E-state index contributed by atoms with van der Waals surface area (Å²) in [5.41, 5.74) is 0.783. The lowest BCUT2D eigenvalue weighted by atomic mass is 9.74. The second-order valence-corrected chi connectivity index (χ2v) is 5.46. The summed E-state index contributed by atoms with van der Waals surface area (Å²) in [5.74, 6) is 0.395. The van der Waals surface area contributed by atoms with Crippen molar-refractivity contribution in [3.05, 3.63) is 35.9 Å². The lowest BCUT2D eigenvalue weighted by Crippen LogP contribution is -2.57. The molecule has 1 atom stereocenters. The van der Waals surface area contributed by atoms with Crippen LogP contribution >= 0.6 is 0 Å². The third-order valence-electron chi connectivity index (χ3n) is 4.46. The van der Waals surface area contributed by atoms with Crippen LogP contribution in [0.2, 0.25) is 0 Å². The van der Waals surface area contributed by atoms with Gasteiger partial charge in [0.15, 0.2) is 5.78 Å². The minimum absolute atomic E-state index is 0.386. The molecule has 3 heteroatoms. The fraction of sp³-hybridized carbons (Fsp3) is 0.611. The molecule has 2 fully saturated rings. The summed E-state index contributed by atoms with van der Waals surface area (Å²) in [5, 5.41) is 0. The average Bonchev–Trinajstić information content (AvgIpc) is 2.59. The predicted molar refractivity (Wildman–Crippen MR) is 85.3 cm³/mol. The molecule has 0 N–H and O–H groups in total. The summed E-state index contributed by atoms with van der Waals surface area (Å²) in [7, 11) is 0. The van der Waals surface area contributed by atoms with Crippen LogP contribution in [-0.4, -0.2) is 37.0 Å². The number of hydrogen-bond donors (Lipinski definition) is 0. The van der Waals surface area contributed by atoms with E-state index in [-0.39, 0.29) is 5.54 Å². The molecule has 1 heterocycles. The maximum atomic E-state index is 12.7. The van der Waals surface area contributed by atoms with Gasteiger partial charge in [0.25, 0.3) is 0 Å². The fourth-order valence-electron chi connectivity index (χ4n) is 3.49. The van der Waals surface area contributed by atoms with Crippen LogP contribution in [0, 0.1) is 0 Å². The quantitative estimate of drug-likeness (QED) is 0.836. The van der Waals surface area contributed by atoms with Crippen molar-refractivity contribution in [3.8, 4) is 0 Å². The Bertz CT molecular complexity index is 440. The van der Waals surface area contributed by atoms with Gasteiger partial charge in [-0.05, 0) is 18.4 Å². The summed E-state index contributed by atoms with van der Waals surface area (Å²) in [6.45, 7) is 7.20. The molecule has 1 aliphatic carbocycles. The first-order valence-electron chi connectivity index (χ1n) is 8.26. The number of ether oxygens (including phenoxy) is 1. The van der Waals surface area contributed by atoms with E-state index in [1.165, 1.54) is 5.56 Å². The number of Topliss-reactive ketones (excluding diaryl/α,β-unsaturated/α-hetero) is 1. The highest BCUT2D eigenvalue weighted by atomic mass is 16.5. The minimum Gasteiger partial charge on any atom is -0.379 e. The molecule has 0 aromatic heterocycles. The molecule has 1 saturated carbocycles. The lowest BCUT2D eigenvalue weighted by Gasteiger charge is -2.47. The summed E-state index contributed by atoms with van der Waals surface area (Å²) >= 11 is 0. The number of ketones is 1.